The number of anilines is 2. The van der Waals surface area contributed by atoms with Crippen LogP contribution in [0, 0.1) is 0 Å². The number of aliphatic hydroxyl groups excluding tert-OH is 1. The Morgan fingerprint density at radius 2 is 1.97 bits per heavy atom. The number of piperazine rings is 1. The van der Waals surface area contributed by atoms with Gasteiger partial charge in [0.05, 0.1) is 30.7 Å². The summed E-state index contributed by atoms with van der Waals surface area (Å²) in [5.41, 5.74) is -1.57. The van der Waals surface area contributed by atoms with E-state index in [1.165, 1.54) is 29.0 Å². The summed E-state index contributed by atoms with van der Waals surface area (Å²) in [6.45, 7) is -0.443. The molecule has 1 amide bonds. The molecule has 1 aromatic carbocycles. The van der Waals surface area contributed by atoms with Gasteiger partial charge in [0.1, 0.15) is 11.3 Å². The molecular weight excluding hydrogens is 503 g/mol. The van der Waals surface area contributed by atoms with Crippen molar-refractivity contribution in [3.8, 4) is 5.75 Å². The Balaban J connectivity index is 1.48. The molecule has 0 radical (unpaired) electrons. The standard InChI is InChI=1S/C23H23F5N6O3/c24-19(25)12-32-4-6-33(7-5-32)17-9-18-14(10-22(13-35,37-18)23(26,27)28)8-16(17)31-21(36)15-11-30-34-3-1-2-29-20(15)34/h1-3,8-9,11,19,35H,4-7,10,12-13H2,(H,31,36). The largest absolute Gasteiger partial charge is 0.475 e. The van der Waals surface area contributed by atoms with Crippen molar-refractivity contribution in [2.24, 2.45) is 0 Å². The number of amides is 1. The van der Waals surface area contributed by atoms with Gasteiger partial charge in [-0.2, -0.15) is 18.3 Å². The van der Waals surface area contributed by atoms with Crippen molar-refractivity contribution in [3.05, 3.63) is 47.9 Å². The summed E-state index contributed by atoms with van der Waals surface area (Å²) >= 11 is 0. The SMILES string of the molecule is O=C(Nc1cc2c(cc1N1CCN(CC(F)F)CC1)OC(CO)(C(F)(F)F)C2)c1cnn2cccnc12. The van der Waals surface area contributed by atoms with Crippen molar-refractivity contribution in [3.63, 3.8) is 0 Å². The molecule has 14 heteroatoms. The van der Waals surface area contributed by atoms with Crippen LogP contribution in [0.1, 0.15) is 15.9 Å². The predicted molar refractivity (Wildman–Crippen MR) is 122 cm³/mol. The van der Waals surface area contributed by atoms with Crippen molar-refractivity contribution in [2.75, 3.05) is 49.5 Å². The number of hydrogen-bond acceptors (Lipinski definition) is 7. The number of rotatable bonds is 6. The average Bonchev–Trinajstić information content (AvgIpc) is 3.45. The van der Waals surface area contributed by atoms with Gasteiger partial charge in [0.15, 0.2) is 5.65 Å². The highest BCUT2D eigenvalue weighted by molar-refractivity contribution is 6.09. The molecule has 2 N–H and O–H groups in total. The molecule has 1 fully saturated rings. The second kappa shape index (κ2) is 9.41. The van der Waals surface area contributed by atoms with Crippen LogP contribution in [-0.4, -0.2) is 88.0 Å². The first-order valence-electron chi connectivity index (χ1n) is 11.5. The first-order valence-corrected chi connectivity index (χ1v) is 11.5. The minimum absolute atomic E-state index is 0.0629. The average molecular weight is 526 g/mol. The lowest BCUT2D eigenvalue weighted by molar-refractivity contribution is -0.252. The molecule has 2 aromatic heterocycles. The summed E-state index contributed by atoms with van der Waals surface area (Å²) in [4.78, 5) is 20.7. The Labute approximate surface area is 207 Å². The lowest BCUT2D eigenvalue weighted by atomic mass is 9.96. The van der Waals surface area contributed by atoms with Crippen LogP contribution in [0.15, 0.2) is 36.8 Å². The van der Waals surface area contributed by atoms with Gasteiger partial charge in [0.2, 0.25) is 5.60 Å². The Hall–Kier alpha value is -3.52. The molecule has 1 saturated heterocycles. The summed E-state index contributed by atoms with van der Waals surface area (Å²) in [6, 6.07) is 4.43. The maximum atomic E-state index is 13.8. The van der Waals surface area contributed by atoms with Gasteiger partial charge in [-0.3, -0.25) is 9.69 Å². The third-order valence-corrected chi connectivity index (χ3v) is 6.61. The number of ether oxygens (including phenoxy) is 1. The molecule has 1 unspecified atom stereocenters. The van der Waals surface area contributed by atoms with E-state index in [1.54, 1.807) is 22.1 Å². The minimum atomic E-state index is -4.84. The van der Waals surface area contributed by atoms with Crippen LogP contribution >= 0.6 is 0 Å². The molecule has 5 rings (SSSR count). The van der Waals surface area contributed by atoms with Crippen molar-refractivity contribution >= 4 is 22.9 Å². The predicted octanol–water partition coefficient (Wildman–Crippen LogP) is 2.60. The highest BCUT2D eigenvalue weighted by Crippen LogP contribution is 2.47. The molecule has 2 aliphatic rings. The van der Waals surface area contributed by atoms with Crippen LogP contribution in [0.3, 0.4) is 0 Å². The van der Waals surface area contributed by atoms with E-state index < -0.39 is 37.1 Å². The van der Waals surface area contributed by atoms with E-state index in [4.69, 9.17) is 4.74 Å². The molecule has 3 aromatic rings. The fraction of sp³-hybridized carbons (Fsp3) is 0.435. The van der Waals surface area contributed by atoms with E-state index in [0.29, 0.717) is 37.5 Å². The van der Waals surface area contributed by atoms with E-state index >= 15 is 0 Å². The fourth-order valence-corrected chi connectivity index (χ4v) is 4.64. The van der Waals surface area contributed by atoms with Gasteiger partial charge >= 0.3 is 6.18 Å². The zero-order valence-corrected chi connectivity index (χ0v) is 19.4. The molecule has 2 aliphatic heterocycles. The number of hydrogen-bond donors (Lipinski definition) is 2. The highest BCUT2D eigenvalue weighted by atomic mass is 19.4. The van der Waals surface area contributed by atoms with Crippen LogP contribution < -0.4 is 15.0 Å². The molecule has 0 spiro atoms. The number of aliphatic hydroxyl groups is 1. The number of carbonyl (C=O) groups excluding carboxylic acids is 1. The third-order valence-electron chi connectivity index (χ3n) is 6.61. The summed E-state index contributed by atoms with van der Waals surface area (Å²) in [5.74, 6) is -0.638. The van der Waals surface area contributed by atoms with E-state index in [-0.39, 0.29) is 29.1 Å². The van der Waals surface area contributed by atoms with E-state index in [0.717, 1.165) is 0 Å². The Morgan fingerprint density at radius 3 is 2.65 bits per heavy atom. The summed E-state index contributed by atoms with van der Waals surface area (Å²) in [6.07, 6.45) is -3.52. The van der Waals surface area contributed by atoms with Crippen molar-refractivity contribution in [1.29, 1.82) is 0 Å². The van der Waals surface area contributed by atoms with Crippen molar-refractivity contribution < 1.29 is 36.6 Å². The van der Waals surface area contributed by atoms with Gasteiger partial charge in [-0.25, -0.2) is 18.3 Å². The molecule has 0 saturated carbocycles. The summed E-state index contributed by atoms with van der Waals surface area (Å²) in [7, 11) is 0. The van der Waals surface area contributed by atoms with Gasteiger partial charge in [-0.15, -0.1) is 0 Å². The summed E-state index contributed by atoms with van der Waals surface area (Å²) in [5, 5.41) is 16.4. The number of benzene rings is 1. The number of aromatic nitrogens is 3. The van der Waals surface area contributed by atoms with Crippen molar-refractivity contribution in [2.45, 2.75) is 24.6 Å². The van der Waals surface area contributed by atoms with Crippen LogP contribution in [0.4, 0.5) is 33.3 Å². The lowest BCUT2D eigenvalue weighted by Gasteiger charge is -2.37. The van der Waals surface area contributed by atoms with E-state index in [1.807, 2.05) is 0 Å². The maximum Gasteiger partial charge on any atom is 0.430 e. The van der Waals surface area contributed by atoms with Crippen LogP contribution in [0.2, 0.25) is 0 Å². The third kappa shape index (κ3) is 4.66. The first kappa shape index (κ1) is 25.1. The van der Waals surface area contributed by atoms with Crippen LogP contribution in [-0.2, 0) is 6.42 Å². The van der Waals surface area contributed by atoms with E-state index in [2.05, 4.69) is 15.4 Å². The normalized spacial score (nSPS) is 20.4. The Bertz CT molecular complexity index is 1310. The number of carbonyl (C=O) groups is 1. The maximum absolute atomic E-state index is 13.8. The molecular formula is C23H23F5N6O3. The zero-order chi connectivity index (χ0) is 26.4. The molecule has 198 valence electrons. The van der Waals surface area contributed by atoms with Gasteiger partial charge in [-0.1, -0.05) is 0 Å². The smallest absolute Gasteiger partial charge is 0.430 e. The van der Waals surface area contributed by atoms with Gasteiger partial charge in [0.25, 0.3) is 12.3 Å². The lowest BCUT2D eigenvalue weighted by Crippen LogP contribution is -2.52. The quantitative estimate of drug-likeness (QED) is 0.477. The molecule has 0 aliphatic carbocycles. The monoisotopic (exact) mass is 526 g/mol. The fourth-order valence-electron chi connectivity index (χ4n) is 4.64. The first-order chi connectivity index (χ1) is 17.6. The van der Waals surface area contributed by atoms with Gasteiger partial charge in [0, 0.05) is 56.6 Å². The van der Waals surface area contributed by atoms with E-state index in [9.17, 15) is 31.9 Å². The molecule has 9 nitrogen and oxygen atoms in total. The second-order valence-corrected chi connectivity index (χ2v) is 8.99. The highest BCUT2D eigenvalue weighted by Gasteiger charge is 2.60. The minimum Gasteiger partial charge on any atom is -0.475 e. The van der Waals surface area contributed by atoms with Gasteiger partial charge < -0.3 is 20.1 Å². The number of nitrogens with one attached hydrogen (secondary N) is 1. The number of alkyl halides is 5. The molecule has 0 bridgehead atoms. The topological polar surface area (TPSA) is 95.2 Å². The van der Waals surface area contributed by atoms with Gasteiger partial charge in [-0.05, 0) is 12.1 Å². The molecule has 1 atom stereocenters. The molecule has 4 heterocycles. The Kier molecular flexibility index (Phi) is 6.40. The Morgan fingerprint density at radius 1 is 1.22 bits per heavy atom. The summed E-state index contributed by atoms with van der Waals surface area (Å²) < 4.78 is 73.6. The number of nitrogens with zero attached hydrogens (tertiary/aromatic N) is 5. The van der Waals surface area contributed by atoms with Crippen molar-refractivity contribution in [1.82, 2.24) is 19.5 Å². The van der Waals surface area contributed by atoms with Crippen LogP contribution in [0.25, 0.3) is 5.65 Å². The molecule has 37 heavy (non-hydrogen) atoms. The zero-order valence-electron chi connectivity index (χ0n) is 19.4. The number of halogens is 5. The second-order valence-electron chi connectivity index (χ2n) is 8.99. The van der Waals surface area contributed by atoms with Crippen LogP contribution in [0.5, 0.6) is 5.75 Å². The number of fused-ring (bicyclic) bond motifs is 2.